The van der Waals surface area contributed by atoms with Gasteiger partial charge >= 0.3 is 0 Å². The summed E-state index contributed by atoms with van der Waals surface area (Å²) in [6.07, 6.45) is 1.83. The molecule has 26 heavy (non-hydrogen) atoms. The fourth-order valence-electron chi connectivity index (χ4n) is 2.54. The van der Waals surface area contributed by atoms with Crippen molar-refractivity contribution in [2.45, 2.75) is 31.8 Å². The molecule has 0 spiro atoms. The highest BCUT2D eigenvalue weighted by atomic mass is 19.2. The van der Waals surface area contributed by atoms with Crippen LogP contribution < -0.4 is 10.6 Å². The van der Waals surface area contributed by atoms with E-state index in [0.29, 0.717) is 5.56 Å². The zero-order valence-electron chi connectivity index (χ0n) is 14.0. The molecule has 0 aromatic heterocycles. The van der Waals surface area contributed by atoms with Crippen LogP contribution in [0.1, 0.15) is 41.7 Å². The van der Waals surface area contributed by atoms with Crippen molar-refractivity contribution in [2.75, 3.05) is 5.32 Å². The lowest BCUT2D eigenvalue weighted by Crippen LogP contribution is -2.25. The lowest BCUT2D eigenvalue weighted by atomic mass is 10.1. The van der Waals surface area contributed by atoms with Gasteiger partial charge in [-0.05, 0) is 49.6 Å². The van der Waals surface area contributed by atoms with Crippen molar-refractivity contribution >= 4 is 17.3 Å². The molecule has 0 heterocycles. The number of rotatable bonds is 6. The van der Waals surface area contributed by atoms with Crippen molar-refractivity contribution in [3.63, 3.8) is 0 Å². The fraction of sp³-hybridized carbons (Fsp3) is 0.278. The van der Waals surface area contributed by atoms with Crippen LogP contribution >= 0.6 is 0 Å². The zero-order valence-corrected chi connectivity index (χ0v) is 14.0. The number of carbonyl (C=O) groups is 1. The Hall–Kier alpha value is -3.03. The summed E-state index contributed by atoms with van der Waals surface area (Å²) in [5, 5.41) is 17.1. The van der Waals surface area contributed by atoms with Crippen LogP contribution in [0, 0.1) is 21.7 Å². The Labute approximate surface area is 148 Å². The van der Waals surface area contributed by atoms with E-state index < -0.39 is 22.6 Å². The molecule has 1 unspecified atom stereocenters. The maximum absolute atomic E-state index is 13.4. The summed E-state index contributed by atoms with van der Waals surface area (Å²) in [4.78, 5) is 22.8. The third kappa shape index (κ3) is 3.96. The number of halogens is 2. The molecule has 0 radical (unpaired) electrons. The Morgan fingerprint density at radius 3 is 2.54 bits per heavy atom. The molecule has 2 aromatic carbocycles. The van der Waals surface area contributed by atoms with Gasteiger partial charge < -0.3 is 10.6 Å². The molecule has 1 saturated carbocycles. The third-order valence-corrected chi connectivity index (χ3v) is 4.18. The molecule has 8 heteroatoms. The predicted octanol–water partition coefficient (Wildman–Crippen LogP) is 3.94. The number of nitrogens with zero attached hydrogens (tertiary/aromatic N) is 1. The quantitative estimate of drug-likeness (QED) is 0.603. The van der Waals surface area contributed by atoms with E-state index in [2.05, 4.69) is 10.6 Å². The first-order valence-corrected chi connectivity index (χ1v) is 8.16. The Morgan fingerprint density at radius 1 is 1.19 bits per heavy atom. The summed E-state index contributed by atoms with van der Waals surface area (Å²) in [7, 11) is 0. The van der Waals surface area contributed by atoms with Crippen LogP contribution in [0.3, 0.4) is 0 Å². The van der Waals surface area contributed by atoms with Gasteiger partial charge in [-0.15, -0.1) is 0 Å². The minimum atomic E-state index is -0.988. The fourth-order valence-corrected chi connectivity index (χ4v) is 2.54. The molecular formula is C18H17F2N3O3. The smallest absolute Gasteiger partial charge is 0.293 e. The molecule has 1 aliphatic carbocycles. The molecule has 136 valence electrons. The number of hydrogen-bond donors (Lipinski definition) is 2. The molecule has 1 aliphatic rings. The average Bonchev–Trinajstić information content (AvgIpc) is 3.41. The molecule has 0 aliphatic heterocycles. The molecular weight excluding hydrogens is 344 g/mol. The first-order valence-electron chi connectivity index (χ1n) is 8.16. The van der Waals surface area contributed by atoms with Crippen molar-refractivity contribution in [1.82, 2.24) is 5.32 Å². The standard InChI is InChI=1S/C18H17F2N3O3/c1-10(11-2-6-14(19)15(20)8-11)21-16-7-3-12(9-17(16)23(25)26)18(24)22-13-4-5-13/h2-3,6-10,13,21H,4-5H2,1H3,(H,22,24). The lowest BCUT2D eigenvalue weighted by Gasteiger charge is -2.16. The molecule has 1 amide bonds. The van der Waals surface area contributed by atoms with Gasteiger partial charge in [0.25, 0.3) is 11.6 Å². The number of amides is 1. The van der Waals surface area contributed by atoms with Crippen molar-refractivity contribution in [3.05, 3.63) is 69.3 Å². The van der Waals surface area contributed by atoms with E-state index in [1.54, 1.807) is 6.92 Å². The van der Waals surface area contributed by atoms with Gasteiger partial charge in [-0.3, -0.25) is 14.9 Å². The zero-order chi connectivity index (χ0) is 18.8. The third-order valence-electron chi connectivity index (χ3n) is 4.18. The van der Waals surface area contributed by atoms with Crippen LogP contribution in [-0.4, -0.2) is 16.9 Å². The number of nitro benzene ring substituents is 1. The van der Waals surface area contributed by atoms with Gasteiger partial charge in [-0.1, -0.05) is 6.07 Å². The predicted molar refractivity (Wildman–Crippen MR) is 92.0 cm³/mol. The number of hydrogen-bond acceptors (Lipinski definition) is 4. The number of nitrogens with one attached hydrogen (secondary N) is 2. The van der Waals surface area contributed by atoms with E-state index in [9.17, 15) is 23.7 Å². The molecule has 1 atom stereocenters. The average molecular weight is 361 g/mol. The van der Waals surface area contributed by atoms with Crippen molar-refractivity contribution in [3.8, 4) is 0 Å². The molecule has 2 aromatic rings. The number of carbonyl (C=O) groups excluding carboxylic acids is 1. The van der Waals surface area contributed by atoms with E-state index >= 15 is 0 Å². The normalized spacial score (nSPS) is 14.6. The summed E-state index contributed by atoms with van der Waals surface area (Å²) >= 11 is 0. The highest BCUT2D eigenvalue weighted by molar-refractivity contribution is 5.96. The topological polar surface area (TPSA) is 84.3 Å². The number of anilines is 1. The maximum Gasteiger partial charge on any atom is 0.293 e. The molecule has 1 fully saturated rings. The Bertz CT molecular complexity index is 869. The second-order valence-electron chi connectivity index (χ2n) is 6.28. The van der Waals surface area contributed by atoms with Gasteiger partial charge in [0.1, 0.15) is 5.69 Å². The Kier molecular flexibility index (Phi) is 4.83. The Morgan fingerprint density at radius 2 is 1.92 bits per heavy atom. The van der Waals surface area contributed by atoms with Gasteiger partial charge in [-0.2, -0.15) is 0 Å². The second kappa shape index (κ2) is 7.07. The monoisotopic (exact) mass is 361 g/mol. The molecule has 3 rings (SSSR count). The minimum absolute atomic E-state index is 0.146. The van der Waals surface area contributed by atoms with Crippen molar-refractivity contribution in [2.24, 2.45) is 0 Å². The summed E-state index contributed by atoms with van der Waals surface area (Å²) < 4.78 is 26.4. The van der Waals surface area contributed by atoms with E-state index in [4.69, 9.17) is 0 Å². The van der Waals surface area contributed by atoms with Gasteiger partial charge in [0.05, 0.1) is 4.92 Å². The van der Waals surface area contributed by atoms with E-state index in [1.807, 2.05) is 0 Å². The number of benzene rings is 2. The second-order valence-corrected chi connectivity index (χ2v) is 6.28. The van der Waals surface area contributed by atoms with Gasteiger partial charge in [0.15, 0.2) is 11.6 Å². The SMILES string of the molecule is CC(Nc1ccc(C(=O)NC2CC2)cc1[N+](=O)[O-])c1ccc(F)c(F)c1. The molecule has 2 N–H and O–H groups in total. The summed E-state index contributed by atoms with van der Waals surface area (Å²) in [5.41, 5.74) is 0.571. The minimum Gasteiger partial charge on any atom is -0.373 e. The highest BCUT2D eigenvalue weighted by Gasteiger charge is 2.25. The Balaban J connectivity index is 1.82. The van der Waals surface area contributed by atoms with Crippen LogP contribution in [-0.2, 0) is 0 Å². The van der Waals surface area contributed by atoms with E-state index in [1.165, 1.54) is 24.3 Å². The summed E-state index contributed by atoms with van der Waals surface area (Å²) in [5.74, 6) is -2.30. The molecule has 0 saturated heterocycles. The highest BCUT2D eigenvalue weighted by Crippen LogP contribution is 2.30. The van der Waals surface area contributed by atoms with Gasteiger partial charge in [0.2, 0.25) is 0 Å². The van der Waals surface area contributed by atoms with Gasteiger partial charge in [-0.25, -0.2) is 8.78 Å². The molecule has 0 bridgehead atoms. The summed E-state index contributed by atoms with van der Waals surface area (Å²) in [6.45, 7) is 1.67. The van der Waals surface area contributed by atoms with Crippen LogP contribution in [0.5, 0.6) is 0 Å². The van der Waals surface area contributed by atoms with E-state index in [-0.39, 0.29) is 28.9 Å². The lowest BCUT2D eigenvalue weighted by molar-refractivity contribution is -0.384. The van der Waals surface area contributed by atoms with Crippen LogP contribution in [0.25, 0.3) is 0 Å². The number of nitro groups is 1. The van der Waals surface area contributed by atoms with Gasteiger partial charge in [0, 0.05) is 23.7 Å². The van der Waals surface area contributed by atoms with E-state index in [0.717, 1.165) is 25.0 Å². The van der Waals surface area contributed by atoms with Crippen LogP contribution in [0.4, 0.5) is 20.2 Å². The van der Waals surface area contributed by atoms with Crippen LogP contribution in [0.2, 0.25) is 0 Å². The van der Waals surface area contributed by atoms with Crippen molar-refractivity contribution < 1.29 is 18.5 Å². The first kappa shape index (κ1) is 17.8. The molecule has 6 nitrogen and oxygen atoms in total. The van der Waals surface area contributed by atoms with Crippen LogP contribution in [0.15, 0.2) is 36.4 Å². The maximum atomic E-state index is 13.4. The summed E-state index contributed by atoms with van der Waals surface area (Å²) in [6, 6.07) is 7.22. The first-order chi connectivity index (χ1) is 12.3. The largest absolute Gasteiger partial charge is 0.373 e. The van der Waals surface area contributed by atoms with Crippen molar-refractivity contribution in [1.29, 1.82) is 0 Å².